The van der Waals surface area contributed by atoms with Crippen LogP contribution in [0.1, 0.15) is 16.7 Å². The SMILES string of the molecule is C(=NCc1ccccc1)c1cc2ccccc2nc1NCc1ccccc1. The van der Waals surface area contributed by atoms with E-state index in [1.165, 1.54) is 11.1 Å². The second kappa shape index (κ2) is 8.28. The second-order valence-electron chi connectivity index (χ2n) is 6.41. The fourth-order valence-electron chi connectivity index (χ4n) is 2.99. The third-order valence-electron chi connectivity index (χ3n) is 4.40. The van der Waals surface area contributed by atoms with Gasteiger partial charge in [0.05, 0.1) is 12.1 Å². The Morgan fingerprint density at radius 1 is 0.778 bits per heavy atom. The van der Waals surface area contributed by atoms with Crippen molar-refractivity contribution in [3.8, 4) is 0 Å². The molecule has 3 heteroatoms. The topological polar surface area (TPSA) is 37.3 Å². The van der Waals surface area contributed by atoms with E-state index in [9.17, 15) is 0 Å². The fourth-order valence-corrected chi connectivity index (χ4v) is 2.99. The molecule has 0 fully saturated rings. The van der Waals surface area contributed by atoms with E-state index in [1.54, 1.807) is 0 Å². The third kappa shape index (κ3) is 4.39. The molecule has 0 aliphatic carbocycles. The van der Waals surface area contributed by atoms with Crippen LogP contribution in [0.5, 0.6) is 0 Å². The minimum absolute atomic E-state index is 0.659. The average Bonchev–Trinajstić information content (AvgIpc) is 2.73. The first-order valence-electron chi connectivity index (χ1n) is 9.10. The van der Waals surface area contributed by atoms with Crippen LogP contribution in [0.25, 0.3) is 10.9 Å². The number of aliphatic imine (C=N–C) groups is 1. The molecule has 0 aliphatic heterocycles. The van der Waals surface area contributed by atoms with E-state index in [0.717, 1.165) is 28.8 Å². The standard InChI is InChI=1S/C24H21N3/c1-3-9-19(10-4-1)16-25-18-22-15-21-13-7-8-14-23(21)27-24(22)26-17-20-11-5-2-6-12-20/h1-15,18H,16-17H2,(H,26,27). The molecule has 4 rings (SSSR count). The Morgan fingerprint density at radius 3 is 2.22 bits per heavy atom. The van der Waals surface area contributed by atoms with Crippen molar-refractivity contribution in [1.82, 2.24) is 4.98 Å². The number of benzene rings is 3. The Labute approximate surface area is 159 Å². The Morgan fingerprint density at radius 2 is 1.44 bits per heavy atom. The van der Waals surface area contributed by atoms with Crippen LogP contribution >= 0.6 is 0 Å². The van der Waals surface area contributed by atoms with Gasteiger partial charge >= 0.3 is 0 Å². The number of para-hydroxylation sites is 1. The van der Waals surface area contributed by atoms with Crippen molar-refractivity contribution in [2.75, 3.05) is 5.32 Å². The molecule has 0 amide bonds. The molecule has 3 aromatic carbocycles. The monoisotopic (exact) mass is 351 g/mol. The molecular weight excluding hydrogens is 330 g/mol. The third-order valence-corrected chi connectivity index (χ3v) is 4.40. The van der Waals surface area contributed by atoms with Gasteiger partial charge in [-0.15, -0.1) is 0 Å². The van der Waals surface area contributed by atoms with Gasteiger partial charge in [0.15, 0.2) is 0 Å². The predicted molar refractivity (Wildman–Crippen MR) is 113 cm³/mol. The van der Waals surface area contributed by atoms with Gasteiger partial charge in [-0.05, 0) is 23.3 Å². The predicted octanol–water partition coefficient (Wildman–Crippen LogP) is 5.47. The summed E-state index contributed by atoms with van der Waals surface area (Å²) in [7, 11) is 0. The molecule has 3 nitrogen and oxygen atoms in total. The van der Waals surface area contributed by atoms with Gasteiger partial charge < -0.3 is 5.32 Å². The molecule has 0 saturated heterocycles. The highest BCUT2D eigenvalue weighted by molar-refractivity contribution is 5.93. The van der Waals surface area contributed by atoms with Gasteiger partial charge in [-0.2, -0.15) is 0 Å². The van der Waals surface area contributed by atoms with Gasteiger partial charge in [0.25, 0.3) is 0 Å². The maximum absolute atomic E-state index is 4.81. The van der Waals surface area contributed by atoms with Gasteiger partial charge in [-0.1, -0.05) is 78.9 Å². The van der Waals surface area contributed by atoms with Crippen molar-refractivity contribution in [2.24, 2.45) is 4.99 Å². The molecule has 1 heterocycles. The summed E-state index contributed by atoms with van der Waals surface area (Å²) >= 11 is 0. The van der Waals surface area contributed by atoms with Gasteiger partial charge in [0, 0.05) is 23.7 Å². The van der Waals surface area contributed by atoms with Crippen molar-refractivity contribution in [3.05, 3.63) is 108 Å². The molecule has 0 radical (unpaired) electrons. The summed E-state index contributed by atoms with van der Waals surface area (Å²) in [5.41, 5.74) is 4.40. The molecule has 0 saturated carbocycles. The molecule has 0 aliphatic rings. The van der Waals surface area contributed by atoms with Crippen LogP contribution in [0.4, 0.5) is 5.82 Å². The minimum Gasteiger partial charge on any atom is -0.365 e. The van der Waals surface area contributed by atoms with Crippen molar-refractivity contribution >= 4 is 22.9 Å². The average molecular weight is 351 g/mol. The van der Waals surface area contributed by atoms with Crippen molar-refractivity contribution < 1.29 is 0 Å². The van der Waals surface area contributed by atoms with Crippen molar-refractivity contribution in [1.29, 1.82) is 0 Å². The van der Waals surface area contributed by atoms with Crippen LogP contribution < -0.4 is 5.32 Å². The number of nitrogens with one attached hydrogen (secondary N) is 1. The Kier molecular flexibility index (Phi) is 5.21. The molecule has 1 N–H and O–H groups in total. The molecule has 1 aromatic heterocycles. The quantitative estimate of drug-likeness (QED) is 0.468. The van der Waals surface area contributed by atoms with E-state index < -0.39 is 0 Å². The number of hydrogen-bond donors (Lipinski definition) is 1. The van der Waals surface area contributed by atoms with Crippen molar-refractivity contribution in [3.63, 3.8) is 0 Å². The Balaban J connectivity index is 1.60. The van der Waals surface area contributed by atoms with Gasteiger partial charge in [-0.3, -0.25) is 4.99 Å². The van der Waals surface area contributed by atoms with Crippen LogP contribution in [0, 0.1) is 0 Å². The molecule has 0 unspecified atom stereocenters. The number of fused-ring (bicyclic) bond motifs is 1. The van der Waals surface area contributed by atoms with E-state index in [-0.39, 0.29) is 0 Å². The molecule has 4 aromatic rings. The minimum atomic E-state index is 0.659. The number of anilines is 1. The molecular formula is C24H21N3. The summed E-state index contributed by atoms with van der Waals surface area (Å²) < 4.78 is 0. The molecule has 0 atom stereocenters. The summed E-state index contributed by atoms with van der Waals surface area (Å²) in [5.74, 6) is 0.856. The molecule has 0 spiro atoms. The van der Waals surface area contributed by atoms with Crippen molar-refractivity contribution in [2.45, 2.75) is 13.1 Å². The largest absolute Gasteiger partial charge is 0.365 e. The first-order chi connectivity index (χ1) is 13.4. The number of rotatable bonds is 6. The lowest BCUT2D eigenvalue weighted by molar-refractivity contribution is 1.07. The highest BCUT2D eigenvalue weighted by Crippen LogP contribution is 2.20. The van der Waals surface area contributed by atoms with Gasteiger partial charge in [0.1, 0.15) is 5.82 Å². The summed E-state index contributed by atoms with van der Waals surface area (Å²) in [6, 6.07) is 30.9. The highest BCUT2D eigenvalue weighted by Gasteiger charge is 2.05. The van der Waals surface area contributed by atoms with Crippen LogP contribution in [0.3, 0.4) is 0 Å². The van der Waals surface area contributed by atoms with Crippen LogP contribution in [0.15, 0.2) is 96.0 Å². The van der Waals surface area contributed by atoms with Crippen LogP contribution in [0.2, 0.25) is 0 Å². The lowest BCUT2D eigenvalue weighted by atomic mass is 10.1. The zero-order valence-electron chi connectivity index (χ0n) is 15.0. The summed E-state index contributed by atoms with van der Waals surface area (Å²) in [4.78, 5) is 9.44. The number of aromatic nitrogens is 1. The van der Waals surface area contributed by atoms with Crippen LogP contribution in [-0.4, -0.2) is 11.2 Å². The summed E-state index contributed by atoms with van der Waals surface area (Å²) in [6.45, 7) is 1.39. The number of nitrogens with zero attached hydrogens (tertiary/aromatic N) is 2. The van der Waals surface area contributed by atoms with E-state index >= 15 is 0 Å². The van der Waals surface area contributed by atoms with Gasteiger partial charge in [-0.25, -0.2) is 4.98 Å². The van der Waals surface area contributed by atoms with E-state index in [4.69, 9.17) is 4.98 Å². The van der Waals surface area contributed by atoms with Gasteiger partial charge in [0.2, 0.25) is 0 Å². The summed E-state index contributed by atoms with van der Waals surface area (Å²) in [6.07, 6.45) is 1.92. The van der Waals surface area contributed by atoms with Crippen LogP contribution in [-0.2, 0) is 13.1 Å². The first-order valence-corrected chi connectivity index (χ1v) is 9.10. The lowest BCUT2D eigenvalue weighted by Gasteiger charge is -2.10. The second-order valence-corrected chi connectivity index (χ2v) is 6.41. The smallest absolute Gasteiger partial charge is 0.135 e. The first kappa shape index (κ1) is 17.0. The Bertz CT molecular complexity index is 1040. The number of hydrogen-bond acceptors (Lipinski definition) is 3. The van der Waals surface area contributed by atoms with E-state index in [1.807, 2.05) is 60.8 Å². The number of pyridine rings is 1. The Hall–Kier alpha value is -3.46. The van der Waals surface area contributed by atoms with E-state index in [0.29, 0.717) is 6.54 Å². The maximum Gasteiger partial charge on any atom is 0.135 e. The fraction of sp³-hybridized carbons (Fsp3) is 0.0833. The summed E-state index contributed by atoms with van der Waals surface area (Å²) in [5, 5.41) is 4.58. The molecule has 0 bridgehead atoms. The van der Waals surface area contributed by atoms with E-state index in [2.05, 4.69) is 46.7 Å². The highest BCUT2D eigenvalue weighted by atomic mass is 15.0. The molecule has 132 valence electrons. The lowest BCUT2D eigenvalue weighted by Crippen LogP contribution is -2.05. The molecule has 27 heavy (non-hydrogen) atoms. The zero-order chi connectivity index (χ0) is 18.3. The maximum atomic E-state index is 4.81. The zero-order valence-corrected chi connectivity index (χ0v) is 15.0. The normalized spacial score (nSPS) is 11.1.